The van der Waals surface area contributed by atoms with Gasteiger partial charge in [0, 0.05) is 0 Å². The number of nitrogens with zero attached hydrogens (tertiary/aromatic N) is 4. The van der Waals surface area contributed by atoms with Crippen LogP contribution < -0.4 is 0 Å². The SMILES string of the molecule is Cc1nnc(C)c2c1C(=O)c1nsnc1C2=O. The molecule has 0 saturated heterocycles. The molecule has 0 spiro atoms. The van der Waals surface area contributed by atoms with Gasteiger partial charge in [0.2, 0.25) is 11.6 Å². The molecule has 1 aliphatic rings. The van der Waals surface area contributed by atoms with Gasteiger partial charge in [-0.3, -0.25) is 9.59 Å². The van der Waals surface area contributed by atoms with Gasteiger partial charge in [-0.05, 0) is 13.8 Å². The van der Waals surface area contributed by atoms with Crippen molar-refractivity contribution in [1.29, 1.82) is 0 Å². The van der Waals surface area contributed by atoms with E-state index in [0.29, 0.717) is 22.5 Å². The maximum Gasteiger partial charge on any atom is 0.217 e. The van der Waals surface area contributed by atoms with Crippen LogP contribution in [0.5, 0.6) is 0 Å². The van der Waals surface area contributed by atoms with Crippen LogP contribution in [-0.4, -0.2) is 30.5 Å². The highest BCUT2D eigenvalue weighted by Gasteiger charge is 2.36. The summed E-state index contributed by atoms with van der Waals surface area (Å²) in [5, 5.41) is 7.73. The standard InChI is InChI=1S/C10H6N4O2S/c1-3-5-6(4(2)12-11-3)10(16)8-7(9(5)15)13-17-14-8/h1-2H3. The molecule has 2 aromatic heterocycles. The van der Waals surface area contributed by atoms with Crippen LogP contribution in [0.3, 0.4) is 0 Å². The maximum absolute atomic E-state index is 12.2. The molecule has 0 aliphatic heterocycles. The predicted molar refractivity (Wildman–Crippen MR) is 58.3 cm³/mol. The van der Waals surface area contributed by atoms with Gasteiger partial charge in [-0.25, -0.2) is 0 Å². The van der Waals surface area contributed by atoms with Crippen molar-refractivity contribution in [2.75, 3.05) is 0 Å². The molecule has 1 aliphatic carbocycles. The number of ketones is 2. The Hall–Kier alpha value is -2.02. The summed E-state index contributed by atoms with van der Waals surface area (Å²) in [4.78, 5) is 24.3. The fourth-order valence-electron chi connectivity index (χ4n) is 1.89. The molecule has 0 radical (unpaired) electrons. The van der Waals surface area contributed by atoms with Crippen LogP contribution in [0.4, 0.5) is 0 Å². The van der Waals surface area contributed by atoms with Crippen LogP contribution in [0.25, 0.3) is 0 Å². The molecule has 0 amide bonds. The van der Waals surface area contributed by atoms with Gasteiger partial charge in [0.25, 0.3) is 0 Å². The van der Waals surface area contributed by atoms with Crippen molar-refractivity contribution in [3.05, 3.63) is 33.9 Å². The normalized spacial score (nSPS) is 13.5. The van der Waals surface area contributed by atoms with Gasteiger partial charge in [0.1, 0.15) is 0 Å². The Morgan fingerprint density at radius 2 is 1.24 bits per heavy atom. The second kappa shape index (κ2) is 3.24. The van der Waals surface area contributed by atoms with Crippen molar-refractivity contribution in [1.82, 2.24) is 18.9 Å². The summed E-state index contributed by atoms with van der Waals surface area (Å²) in [7, 11) is 0. The highest BCUT2D eigenvalue weighted by atomic mass is 32.1. The van der Waals surface area contributed by atoms with Crippen LogP contribution in [-0.2, 0) is 0 Å². The summed E-state index contributed by atoms with van der Waals surface area (Å²) >= 11 is 0.863. The number of fused-ring (bicyclic) bond motifs is 2. The van der Waals surface area contributed by atoms with Gasteiger partial charge < -0.3 is 0 Å². The Bertz CT molecular complexity index is 621. The fraction of sp³-hybridized carbons (Fsp3) is 0.200. The van der Waals surface area contributed by atoms with Crippen molar-refractivity contribution in [2.24, 2.45) is 0 Å². The molecule has 0 aromatic carbocycles. The van der Waals surface area contributed by atoms with E-state index in [2.05, 4.69) is 18.9 Å². The monoisotopic (exact) mass is 246 g/mol. The summed E-state index contributed by atoms with van der Waals surface area (Å²) in [6.07, 6.45) is 0. The smallest absolute Gasteiger partial charge is 0.217 e. The predicted octanol–water partition coefficient (Wildman–Crippen LogP) is 0.720. The van der Waals surface area contributed by atoms with Crippen LogP contribution in [0.1, 0.15) is 43.5 Å². The number of carbonyl (C=O) groups excluding carboxylic acids is 2. The van der Waals surface area contributed by atoms with E-state index in [4.69, 9.17) is 0 Å². The molecule has 0 fully saturated rings. The summed E-state index contributed by atoms with van der Waals surface area (Å²) < 4.78 is 7.74. The molecule has 2 aromatic rings. The third-order valence-corrected chi connectivity index (χ3v) is 3.22. The molecule has 2 heterocycles. The number of aromatic nitrogens is 4. The van der Waals surface area contributed by atoms with Gasteiger partial charge in [-0.2, -0.15) is 18.9 Å². The second-order valence-electron chi connectivity index (χ2n) is 3.74. The quantitative estimate of drug-likeness (QED) is 0.581. The number of hydrogen-bond donors (Lipinski definition) is 0. The minimum atomic E-state index is -0.293. The second-order valence-corrected chi connectivity index (χ2v) is 4.27. The number of rotatable bonds is 0. The lowest BCUT2D eigenvalue weighted by Gasteiger charge is -2.14. The summed E-state index contributed by atoms with van der Waals surface area (Å²) in [6.45, 7) is 3.31. The lowest BCUT2D eigenvalue weighted by molar-refractivity contribution is 0.0971. The average molecular weight is 246 g/mol. The molecule has 0 unspecified atom stereocenters. The van der Waals surface area contributed by atoms with Crippen molar-refractivity contribution < 1.29 is 9.59 Å². The van der Waals surface area contributed by atoms with Crippen LogP contribution >= 0.6 is 11.7 Å². The van der Waals surface area contributed by atoms with E-state index in [-0.39, 0.29) is 23.0 Å². The van der Waals surface area contributed by atoms with E-state index in [0.717, 1.165) is 11.7 Å². The van der Waals surface area contributed by atoms with Crippen molar-refractivity contribution in [2.45, 2.75) is 13.8 Å². The molecule has 0 atom stereocenters. The fourth-order valence-corrected chi connectivity index (χ4v) is 2.43. The van der Waals surface area contributed by atoms with E-state index < -0.39 is 0 Å². The first-order valence-electron chi connectivity index (χ1n) is 4.87. The van der Waals surface area contributed by atoms with Gasteiger partial charge in [-0.1, -0.05) is 0 Å². The van der Waals surface area contributed by atoms with Crippen LogP contribution in [0, 0.1) is 13.8 Å². The maximum atomic E-state index is 12.2. The van der Waals surface area contributed by atoms with E-state index in [1.165, 1.54) is 0 Å². The molecule has 0 N–H and O–H groups in total. The molecule has 0 bridgehead atoms. The minimum absolute atomic E-state index is 0.128. The van der Waals surface area contributed by atoms with E-state index in [1.807, 2.05) is 0 Å². The Kier molecular flexibility index (Phi) is 1.93. The van der Waals surface area contributed by atoms with Crippen LogP contribution in [0.2, 0.25) is 0 Å². The summed E-state index contributed by atoms with van der Waals surface area (Å²) in [6, 6.07) is 0. The van der Waals surface area contributed by atoms with Crippen molar-refractivity contribution in [3.63, 3.8) is 0 Å². The topological polar surface area (TPSA) is 85.7 Å². The Labute approximate surface area is 100 Å². The molecule has 84 valence electrons. The molecule has 0 saturated carbocycles. The van der Waals surface area contributed by atoms with E-state index >= 15 is 0 Å². The van der Waals surface area contributed by atoms with Crippen LogP contribution in [0.15, 0.2) is 0 Å². The first-order chi connectivity index (χ1) is 8.11. The zero-order chi connectivity index (χ0) is 12.2. The zero-order valence-corrected chi connectivity index (χ0v) is 9.83. The Balaban J connectivity index is 2.42. The van der Waals surface area contributed by atoms with Gasteiger partial charge in [0.05, 0.1) is 34.2 Å². The van der Waals surface area contributed by atoms with Gasteiger partial charge in [-0.15, -0.1) is 0 Å². The van der Waals surface area contributed by atoms with E-state index in [1.54, 1.807) is 13.8 Å². The zero-order valence-electron chi connectivity index (χ0n) is 9.01. The highest BCUT2D eigenvalue weighted by Crippen LogP contribution is 2.28. The van der Waals surface area contributed by atoms with Crippen molar-refractivity contribution >= 4 is 23.3 Å². The molecule has 3 rings (SSSR count). The minimum Gasteiger partial charge on any atom is -0.287 e. The lowest BCUT2D eigenvalue weighted by Crippen LogP contribution is -2.24. The third-order valence-electron chi connectivity index (χ3n) is 2.70. The summed E-state index contributed by atoms with van der Waals surface area (Å²) in [5.74, 6) is -0.585. The number of carbonyl (C=O) groups is 2. The Morgan fingerprint density at radius 1 is 0.824 bits per heavy atom. The number of aryl methyl sites for hydroxylation is 2. The number of hydrogen-bond acceptors (Lipinski definition) is 7. The molecule has 6 nitrogen and oxygen atoms in total. The molecular weight excluding hydrogens is 240 g/mol. The van der Waals surface area contributed by atoms with Crippen molar-refractivity contribution in [3.8, 4) is 0 Å². The first kappa shape index (κ1) is 10.2. The molecular formula is C10H6N4O2S. The summed E-state index contributed by atoms with van der Waals surface area (Å²) in [5.41, 5.74) is 1.77. The van der Waals surface area contributed by atoms with E-state index in [9.17, 15) is 9.59 Å². The Morgan fingerprint density at radius 3 is 1.65 bits per heavy atom. The highest BCUT2D eigenvalue weighted by molar-refractivity contribution is 6.99. The largest absolute Gasteiger partial charge is 0.287 e. The van der Waals surface area contributed by atoms with Gasteiger partial charge >= 0.3 is 0 Å². The molecule has 7 heteroatoms. The van der Waals surface area contributed by atoms with Gasteiger partial charge in [0.15, 0.2) is 11.4 Å². The average Bonchev–Trinajstić information content (AvgIpc) is 2.78. The third kappa shape index (κ3) is 1.19. The lowest BCUT2D eigenvalue weighted by atomic mass is 9.89. The first-order valence-corrected chi connectivity index (χ1v) is 5.60. The molecule has 17 heavy (non-hydrogen) atoms.